The van der Waals surface area contributed by atoms with Gasteiger partial charge in [0.2, 0.25) is 0 Å². The number of aryl methyl sites for hydroxylation is 6. The quantitative estimate of drug-likeness (QED) is 0.00976. The second-order valence-corrected chi connectivity index (χ2v) is 39.1. The van der Waals surface area contributed by atoms with Crippen molar-refractivity contribution in [2.24, 2.45) is 0 Å². The number of rotatable bonds is 29. The van der Waals surface area contributed by atoms with E-state index in [2.05, 4.69) is 49.4 Å². The van der Waals surface area contributed by atoms with E-state index < -0.39 is 44.8 Å². The fraction of sp³-hybridized carbons (Fsp3) is 0.695. The molecule has 0 saturated carbocycles. The van der Waals surface area contributed by atoms with Gasteiger partial charge in [0.15, 0.2) is 6.29 Å². The minimum atomic E-state index is -3.53. The first-order chi connectivity index (χ1) is 59.3. The smallest absolute Gasteiger partial charge is 0.355 e. The molecule has 698 valence electrons. The number of aromatic nitrogens is 5. The van der Waals surface area contributed by atoms with E-state index in [9.17, 15) is 51.6 Å². The molecule has 7 aliphatic heterocycles. The molecule has 0 spiro atoms. The minimum absolute atomic E-state index is 0.0268. The molecule has 5 aromatic rings. The second kappa shape index (κ2) is 48.7. The van der Waals surface area contributed by atoms with Crippen molar-refractivity contribution in [2.75, 3.05) is 144 Å². The Hall–Kier alpha value is -8.42. The number of esters is 5. The summed E-state index contributed by atoms with van der Waals surface area (Å²) in [5, 5.41) is 0. The summed E-state index contributed by atoms with van der Waals surface area (Å²) in [6.07, 6.45) is 30.9. The first-order valence-corrected chi connectivity index (χ1v) is 48.3. The lowest BCUT2D eigenvalue weighted by Crippen LogP contribution is -2.40. The highest BCUT2D eigenvalue weighted by Gasteiger charge is 2.35. The molecule has 4 fully saturated rings. The van der Waals surface area contributed by atoms with Gasteiger partial charge in [-0.3, -0.25) is 23.4 Å². The molecule has 4 saturated heterocycles. The molecule has 0 aromatic carbocycles. The zero-order valence-electron chi connectivity index (χ0n) is 78.7. The van der Waals surface area contributed by atoms with Crippen molar-refractivity contribution < 1.29 is 79.4 Å². The number of aldehydes is 1. The largest absolute Gasteiger partial charge is 0.462 e. The summed E-state index contributed by atoms with van der Waals surface area (Å²) in [6, 6.07) is 0. The summed E-state index contributed by atoms with van der Waals surface area (Å²) in [6.45, 7) is 47.9. The highest BCUT2D eigenvalue weighted by molar-refractivity contribution is 7.86. The van der Waals surface area contributed by atoms with E-state index in [-0.39, 0.29) is 54.1 Å². The van der Waals surface area contributed by atoms with E-state index in [1.54, 1.807) is 48.5 Å². The van der Waals surface area contributed by atoms with Crippen molar-refractivity contribution in [3.63, 3.8) is 0 Å². The second-order valence-electron chi connectivity index (χ2n) is 37.4. The van der Waals surface area contributed by atoms with Gasteiger partial charge in [-0.05, 0) is 319 Å². The van der Waals surface area contributed by atoms with Crippen LogP contribution in [0.25, 0.3) is 0 Å². The number of hydrogen-bond donors (Lipinski definition) is 5. The monoisotopic (exact) mass is 1760 g/mol. The molecule has 0 radical (unpaired) electrons. The Labute approximate surface area is 743 Å². The summed E-state index contributed by atoms with van der Waals surface area (Å²) in [7, 11) is -3.53. The van der Waals surface area contributed by atoms with Gasteiger partial charge in [0.25, 0.3) is 27.8 Å². The fourth-order valence-electron chi connectivity index (χ4n) is 17.5. The van der Waals surface area contributed by atoms with Crippen molar-refractivity contribution in [2.45, 2.75) is 288 Å². The van der Waals surface area contributed by atoms with E-state index in [0.29, 0.717) is 70.0 Å². The van der Waals surface area contributed by atoms with Crippen molar-refractivity contribution in [1.82, 2.24) is 59.2 Å². The van der Waals surface area contributed by atoms with E-state index in [1.165, 1.54) is 123 Å². The maximum absolute atomic E-state index is 13.2. The number of hydrogen-bond acceptors (Lipinski definition) is 21. The van der Waals surface area contributed by atoms with Crippen LogP contribution in [-0.4, -0.2) is 282 Å². The van der Waals surface area contributed by atoms with E-state index >= 15 is 0 Å². The van der Waals surface area contributed by atoms with Gasteiger partial charge in [0.1, 0.15) is 33.9 Å². The number of carbonyl (C=O) groups is 9. The minimum Gasteiger partial charge on any atom is -0.462 e. The van der Waals surface area contributed by atoms with Crippen LogP contribution in [0.4, 0.5) is 0 Å². The van der Waals surface area contributed by atoms with Crippen LogP contribution in [0.1, 0.15) is 355 Å². The van der Waals surface area contributed by atoms with Crippen LogP contribution in [0.2, 0.25) is 0 Å². The number of aromatic amines is 5. The molecule has 12 rings (SSSR count). The molecule has 5 N–H and O–H groups in total. The molecule has 7 aliphatic rings. The molecule has 29 nitrogen and oxygen atoms in total. The molecular weight excluding hydrogens is 1610 g/mol. The number of piperidine rings is 4. The number of likely N-dealkylation sites (tertiary alicyclic amines) is 4. The standard InChI is InChI=1S/C24H40N2O4.C21H33N3O3.C17H25N3O2.C17H27NO7S.C16H25N3O/c1-6-29-22(27)20-18(2)21(23(28)30-24(3,4)5)25-19(20)14-10-7-8-11-15-26-16-12-9-13-17-26;1-15-17-16(22-18(15)20(26)27-21(2,3)4)9-8-12-24(19(17)25)14-13-23-10-6-5-7-11-23;1-13-15(12-21)18-14-6-5-9-20(17(22)16(13)14)11-10-19-7-3-2-4-8-19;1-7-23-15(19)13-11(2)14(16(20)25-17(3,4)5)18-12(13)9-8-10-24-26(6,21)22;1-13-12-17-14-6-5-9-19(16(20)15(13)14)11-10-18-7-3-2-4-8-18/h25H,6-17H2,1-5H3;22H,5-14H2,1-4H3;12,18H,2-11H2,1H3;18H,7-10H2,1-6H3;12,17H,2-11H2,1H3. The van der Waals surface area contributed by atoms with Crippen LogP contribution in [-0.2, 0) is 70.1 Å². The lowest BCUT2D eigenvalue weighted by molar-refractivity contribution is 0.00501. The third-order valence-corrected chi connectivity index (χ3v) is 24.4. The summed E-state index contributed by atoms with van der Waals surface area (Å²) in [4.78, 5) is 144. The average Bonchev–Trinajstić information content (AvgIpc) is 1.65. The highest BCUT2D eigenvalue weighted by Crippen LogP contribution is 2.31. The summed E-state index contributed by atoms with van der Waals surface area (Å²) < 4.78 is 53.4. The summed E-state index contributed by atoms with van der Waals surface area (Å²) in [5.74, 6) is -1.95. The Kier molecular flexibility index (Phi) is 39.7. The zero-order valence-corrected chi connectivity index (χ0v) is 79.5. The van der Waals surface area contributed by atoms with Crippen LogP contribution in [0.3, 0.4) is 0 Å². The molecule has 3 amide bonds. The number of nitrogens with one attached hydrogen (secondary N) is 5. The van der Waals surface area contributed by atoms with Gasteiger partial charge >= 0.3 is 29.8 Å². The number of H-pyrrole nitrogens is 5. The van der Waals surface area contributed by atoms with Gasteiger partial charge in [-0.2, -0.15) is 8.42 Å². The normalized spacial score (nSPS) is 17.1. The molecule has 5 aromatic heterocycles. The average molecular weight is 1760 g/mol. The summed E-state index contributed by atoms with van der Waals surface area (Å²) in [5.41, 5.74) is 10.7. The molecule has 0 unspecified atom stereocenters. The van der Waals surface area contributed by atoms with E-state index in [0.717, 1.165) is 200 Å². The predicted octanol–water partition coefficient (Wildman–Crippen LogP) is 14.8. The highest BCUT2D eigenvalue weighted by atomic mass is 32.2. The van der Waals surface area contributed by atoms with Crippen LogP contribution in [0.5, 0.6) is 0 Å². The van der Waals surface area contributed by atoms with Crippen LogP contribution in [0.15, 0.2) is 6.20 Å². The van der Waals surface area contributed by atoms with Gasteiger partial charge in [-0.25, -0.2) is 24.0 Å². The molecular formula is C95H150N12O17S. The van der Waals surface area contributed by atoms with Gasteiger partial charge < -0.3 is 82.9 Å². The number of fused-ring (bicyclic) bond motifs is 3. The van der Waals surface area contributed by atoms with Crippen molar-refractivity contribution in [3.8, 4) is 0 Å². The summed E-state index contributed by atoms with van der Waals surface area (Å²) >= 11 is 0. The fourth-order valence-corrected chi connectivity index (χ4v) is 17.9. The molecule has 12 heterocycles. The van der Waals surface area contributed by atoms with Crippen LogP contribution in [0, 0.1) is 34.6 Å². The predicted molar refractivity (Wildman–Crippen MR) is 486 cm³/mol. The number of nitrogens with zero attached hydrogens (tertiary/aromatic N) is 7. The first kappa shape index (κ1) is 102. The van der Waals surface area contributed by atoms with Crippen molar-refractivity contribution in [3.05, 3.63) is 113 Å². The van der Waals surface area contributed by atoms with E-state index in [1.807, 2.05) is 78.3 Å². The Morgan fingerprint density at radius 2 is 0.752 bits per heavy atom. The topological polar surface area (TPSA) is 345 Å². The van der Waals surface area contributed by atoms with Gasteiger partial charge in [0, 0.05) is 93.6 Å². The van der Waals surface area contributed by atoms with Gasteiger partial charge in [-0.15, -0.1) is 0 Å². The Balaban J connectivity index is 0.000000195. The Morgan fingerprint density at radius 3 is 1.14 bits per heavy atom. The number of unbranched alkanes of at least 4 members (excludes halogenated alkanes) is 3. The van der Waals surface area contributed by atoms with Crippen LogP contribution < -0.4 is 0 Å². The third-order valence-electron chi connectivity index (χ3n) is 23.8. The lowest BCUT2D eigenvalue weighted by Gasteiger charge is -2.29. The third kappa shape index (κ3) is 31.5. The molecule has 30 heteroatoms. The maximum atomic E-state index is 13.2. The Morgan fingerprint density at radius 1 is 0.400 bits per heavy atom. The van der Waals surface area contributed by atoms with Gasteiger partial charge in [0.05, 0.1) is 59.6 Å². The number of amides is 3. The van der Waals surface area contributed by atoms with Crippen molar-refractivity contribution >= 4 is 64.0 Å². The van der Waals surface area contributed by atoms with E-state index in [4.69, 9.17) is 27.9 Å². The number of carbonyl (C=O) groups excluding carboxylic acids is 9. The lowest BCUT2D eigenvalue weighted by atomic mass is 10.0. The van der Waals surface area contributed by atoms with Gasteiger partial charge in [-0.1, -0.05) is 38.5 Å². The molecule has 125 heavy (non-hydrogen) atoms. The maximum Gasteiger partial charge on any atom is 0.355 e. The van der Waals surface area contributed by atoms with Crippen LogP contribution >= 0.6 is 0 Å². The first-order valence-electron chi connectivity index (χ1n) is 46.4. The Bertz CT molecular complexity index is 4480. The SMILES string of the molecule is CCOC(=O)c1c(CCCCCCN2CCCCC2)[nH]c(C(=O)OC(C)(C)C)c1C.CCOC(=O)c1c(CCCOS(C)(=O)=O)[nH]c(C(=O)OC(C)(C)C)c1C.Cc1c(C(=O)OC(C)(C)C)[nH]c2c1C(=O)N(CCN1CCCCC1)CCC2.Cc1c(C=O)[nH]c2c1C(=O)N(CCN1CCCCC1)CCC2.Cc1c[nH]c2c1C(=O)N(CCN1CCCCC1)CCC2. The molecule has 0 atom stereocenters. The number of ether oxygens (including phenoxy) is 5. The zero-order chi connectivity index (χ0) is 91.3. The van der Waals surface area contributed by atoms with Crippen molar-refractivity contribution in [1.29, 1.82) is 0 Å². The molecule has 0 bridgehead atoms. The molecule has 0 aliphatic carbocycles.